The van der Waals surface area contributed by atoms with Crippen LogP contribution in [0.5, 0.6) is 0 Å². The number of nitrogens with one attached hydrogen (secondary N) is 1. The summed E-state index contributed by atoms with van der Waals surface area (Å²) in [7, 11) is 0. The lowest BCUT2D eigenvalue weighted by molar-refractivity contribution is 0.542. The summed E-state index contributed by atoms with van der Waals surface area (Å²) >= 11 is 6.19. The zero-order valence-electron chi connectivity index (χ0n) is 12.8. The number of halogens is 2. The minimum Gasteiger partial charge on any atom is -0.310 e. The van der Waals surface area contributed by atoms with E-state index in [9.17, 15) is 4.39 Å². The van der Waals surface area contributed by atoms with Crippen LogP contribution in [0, 0.1) is 5.82 Å². The van der Waals surface area contributed by atoms with Crippen molar-refractivity contribution in [2.45, 2.75) is 57.9 Å². The van der Waals surface area contributed by atoms with Crippen molar-refractivity contribution in [3.05, 3.63) is 46.3 Å². The molecule has 0 amide bonds. The van der Waals surface area contributed by atoms with Crippen molar-refractivity contribution in [1.29, 1.82) is 0 Å². The van der Waals surface area contributed by atoms with Gasteiger partial charge in [-0.1, -0.05) is 42.7 Å². The number of benzene rings is 1. The van der Waals surface area contributed by atoms with Gasteiger partial charge in [0.05, 0.1) is 0 Å². The Kier molecular flexibility index (Phi) is 6.72. The third-order valence-electron chi connectivity index (χ3n) is 4.10. The molecule has 1 atom stereocenters. The van der Waals surface area contributed by atoms with E-state index in [4.69, 9.17) is 11.6 Å². The summed E-state index contributed by atoms with van der Waals surface area (Å²) in [5.41, 5.74) is 2.53. The Hall–Kier alpha value is -0.860. The summed E-state index contributed by atoms with van der Waals surface area (Å²) in [5, 5.41) is 4.17. The zero-order valence-corrected chi connectivity index (χ0v) is 13.6. The maximum absolute atomic E-state index is 13.2. The third kappa shape index (κ3) is 5.12. The lowest BCUT2D eigenvalue weighted by atomic mass is 9.95. The van der Waals surface area contributed by atoms with Crippen LogP contribution in [0.4, 0.5) is 4.39 Å². The molecule has 0 saturated carbocycles. The molecule has 21 heavy (non-hydrogen) atoms. The van der Waals surface area contributed by atoms with Gasteiger partial charge in [0, 0.05) is 11.1 Å². The molecule has 0 spiro atoms. The van der Waals surface area contributed by atoms with Gasteiger partial charge >= 0.3 is 0 Å². The summed E-state index contributed by atoms with van der Waals surface area (Å²) < 4.78 is 13.2. The molecule has 0 heterocycles. The Morgan fingerprint density at radius 2 is 2.14 bits per heavy atom. The Balaban J connectivity index is 2.13. The Labute approximate surface area is 132 Å². The molecule has 1 aromatic rings. The fourth-order valence-electron chi connectivity index (χ4n) is 2.92. The van der Waals surface area contributed by atoms with Gasteiger partial charge in [-0.15, -0.1) is 0 Å². The van der Waals surface area contributed by atoms with Gasteiger partial charge in [-0.25, -0.2) is 4.39 Å². The number of allylic oxidation sites excluding steroid dienone is 1. The van der Waals surface area contributed by atoms with Crippen molar-refractivity contribution in [1.82, 2.24) is 5.32 Å². The van der Waals surface area contributed by atoms with Gasteiger partial charge in [-0.3, -0.25) is 0 Å². The van der Waals surface area contributed by atoms with Gasteiger partial charge in [-0.2, -0.15) is 0 Å². The molecule has 1 unspecified atom stereocenters. The standard InChI is InChI=1S/C18H25ClFN/c1-2-11-21-18(14-7-5-3-4-6-8-14)12-15-9-10-16(20)13-17(15)19/h7,9-10,13,18,21H,2-6,8,11-12H2,1H3. The third-order valence-corrected chi connectivity index (χ3v) is 4.46. The normalized spacial score (nSPS) is 17.2. The van der Waals surface area contributed by atoms with Crippen LogP contribution in [0.1, 0.15) is 51.0 Å². The average molecular weight is 310 g/mol. The lowest BCUT2D eigenvalue weighted by Gasteiger charge is -2.22. The molecule has 1 N–H and O–H groups in total. The van der Waals surface area contributed by atoms with E-state index in [0.29, 0.717) is 11.1 Å². The first-order chi connectivity index (χ1) is 10.2. The topological polar surface area (TPSA) is 12.0 Å². The van der Waals surface area contributed by atoms with Gasteiger partial charge in [0.1, 0.15) is 5.82 Å². The van der Waals surface area contributed by atoms with E-state index in [2.05, 4.69) is 18.3 Å². The van der Waals surface area contributed by atoms with Crippen LogP contribution >= 0.6 is 11.6 Å². The molecule has 1 aromatic carbocycles. The number of hydrogen-bond acceptors (Lipinski definition) is 1. The number of hydrogen-bond donors (Lipinski definition) is 1. The van der Waals surface area contributed by atoms with E-state index in [1.165, 1.54) is 49.8 Å². The predicted molar refractivity (Wildman–Crippen MR) is 88.4 cm³/mol. The second kappa shape index (κ2) is 8.55. The van der Waals surface area contributed by atoms with Crippen molar-refractivity contribution >= 4 is 11.6 Å². The van der Waals surface area contributed by atoms with Crippen LogP contribution in [0.3, 0.4) is 0 Å². The largest absolute Gasteiger partial charge is 0.310 e. The van der Waals surface area contributed by atoms with E-state index < -0.39 is 0 Å². The molecule has 116 valence electrons. The Morgan fingerprint density at radius 3 is 2.90 bits per heavy atom. The second-order valence-corrected chi connectivity index (χ2v) is 6.23. The van der Waals surface area contributed by atoms with Crippen molar-refractivity contribution in [3.63, 3.8) is 0 Å². The summed E-state index contributed by atoms with van der Waals surface area (Å²) in [6.45, 7) is 3.18. The van der Waals surface area contributed by atoms with Crippen molar-refractivity contribution in [2.75, 3.05) is 6.54 Å². The summed E-state index contributed by atoms with van der Waals surface area (Å²) in [4.78, 5) is 0. The van der Waals surface area contributed by atoms with Gasteiger partial charge < -0.3 is 5.32 Å². The average Bonchev–Trinajstić information content (AvgIpc) is 2.74. The quantitative estimate of drug-likeness (QED) is 0.705. The fraction of sp³-hybridized carbons (Fsp3) is 0.556. The van der Waals surface area contributed by atoms with Crippen molar-refractivity contribution < 1.29 is 4.39 Å². The van der Waals surface area contributed by atoms with E-state index in [-0.39, 0.29) is 5.82 Å². The van der Waals surface area contributed by atoms with E-state index in [1.54, 1.807) is 0 Å². The summed E-state index contributed by atoms with van der Waals surface area (Å²) in [6.07, 6.45) is 10.6. The van der Waals surface area contributed by atoms with Gasteiger partial charge in [0.15, 0.2) is 0 Å². The molecule has 0 aliphatic heterocycles. The molecule has 1 aliphatic rings. The van der Waals surface area contributed by atoms with Crippen LogP contribution in [0.2, 0.25) is 5.02 Å². The molecule has 1 nitrogen and oxygen atoms in total. The minimum atomic E-state index is -0.268. The molecule has 0 radical (unpaired) electrons. The van der Waals surface area contributed by atoms with Gasteiger partial charge in [0.25, 0.3) is 0 Å². The Bertz CT molecular complexity index is 484. The molecule has 0 fully saturated rings. The fourth-order valence-corrected chi connectivity index (χ4v) is 3.16. The van der Waals surface area contributed by atoms with Crippen LogP contribution in [-0.4, -0.2) is 12.6 Å². The maximum atomic E-state index is 13.2. The molecule has 0 bridgehead atoms. The molecular formula is C18H25ClFN. The smallest absolute Gasteiger partial charge is 0.124 e. The highest BCUT2D eigenvalue weighted by Crippen LogP contribution is 2.25. The molecule has 0 aromatic heterocycles. The molecule has 2 rings (SSSR count). The highest BCUT2D eigenvalue weighted by molar-refractivity contribution is 6.31. The summed E-state index contributed by atoms with van der Waals surface area (Å²) in [5.74, 6) is -0.268. The van der Waals surface area contributed by atoms with E-state index in [1.807, 2.05) is 6.07 Å². The lowest BCUT2D eigenvalue weighted by Crippen LogP contribution is -2.33. The summed E-state index contributed by atoms with van der Waals surface area (Å²) in [6, 6.07) is 5.05. The maximum Gasteiger partial charge on any atom is 0.124 e. The van der Waals surface area contributed by atoms with Gasteiger partial charge in [-0.05, 0) is 62.8 Å². The van der Waals surface area contributed by atoms with Crippen LogP contribution in [-0.2, 0) is 6.42 Å². The van der Waals surface area contributed by atoms with Crippen LogP contribution in [0.15, 0.2) is 29.8 Å². The Morgan fingerprint density at radius 1 is 1.29 bits per heavy atom. The van der Waals surface area contributed by atoms with Crippen molar-refractivity contribution in [2.24, 2.45) is 0 Å². The minimum absolute atomic E-state index is 0.268. The molecule has 1 aliphatic carbocycles. The highest BCUT2D eigenvalue weighted by Gasteiger charge is 2.17. The number of rotatable bonds is 6. The second-order valence-electron chi connectivity index (χ2n) is 5.82. The van der Waals surface area contributed by atoms with Crippen LogP contribution < -0.4 is 5.32 Å². The van der Waals surface area contributed by atoms with Crippen LogP contribution in [0.25, 0.3) is 0 Å². The zero-order chi connectivity index (χ0) is 15.1. The first kappa shape index (κ1) is 16.5. The van der Waals surface area contributed by atoms with Crippen molar-refractivity contribution in [3.8, 4) is 0 Å². The first-order valence-electron chi connectivity index (χ1n) is 8.07. The van der Waals surface area contributed by atoms with E-state index in [0.717, 1.165) is 24.9 Å². The SMILES string of the molecule is CCCNC(Cc1ccc(F)cc1Cl)C1=CCCCCC1. The molecule has 3 heteroatoms. The molecular weight excluding hydrogens is 285 g/mol. The first-order valence-corrected chi connectivity index (χ1v) is 8.44. The van der Waals surface area contributed by atoms with Gasteiger partial charge in [0.2, 0.25) is 0 Å². The predicted octanol–water partition coefficient (Wildman–Crippen LogP) is 5.28. The van der Waals surface area contributed by atoms with E-state index >= 15 is 0 Å². The molecule has 0 saturated heterocycles. The monoisotopic (exact) mass is 309 g/mol. The highest BCUT2D eigenvalue weighted by atomic mass is 35.5.